The molecule has 0 bridgehead atoms. The molecule has 0 radical (unpaired) electrons. The number of nitrogens with zero attached hydrogens (tertiary/aromatic N) is 3. The number of nitrogens with two attached hydrogens (primary N) is 1. The number of ether oxygens (including phenoxy) is 1. The van der Waals surface area contributed by atoms with E-state index in [1.54, 1.807) is 18.9 Å². The van der Waals surface area contributed by atoms with Crippen LogP contribution in [0.15, 0.2) is 29.6 Å². The normalized spacial score (nSPS) is 13.1. The van der Waals surface area contributed by atoms with Crippen LogP contribution in [0.2, 0.25) is 0 Å². The fraction of sp³-hybridized carbons (Fsp3) is 0.400. The highest BCUT2D eigenvalue weighted by molar-refractivity contribution is 7.99. The summed E-state index contributed by atoms with van der Waals surface area (Å²) in [5.41, 5.74) is 6.69. The van der Waals surface area contributed by atoms with Crippen molar-refractivity contribution in [1.29, 1.82) is 0 Å². The molecule has 2 heterocycles. The molecule has 0 aliphatic heterocycles. The Labute approximate surface area is 98.0 Å². The topological polar surface area (TPSA) is 65.4 Å². The van der Waals surface area contributed by atoms with E-state index in [2.05, 4.69) is 10.2 Å². The molecular weight excluding hydrogens is 224 g/mol. The number of fused-ring (bicyclic) bond motifs is 1. The first-order chi connectivity index (χ1) is 7.81. The maximum Gasteiger partial charge on any atom is 0.195 e. The number of thioether (sulfide) groups is 1. The molecule has 5 nitrogen and oxygen atoms in total. The van der Waals surface area contributed by atoms with E-state index in [-0.39, 0.29) is 6.04 Å². The standard InChI is InChI=1S/C10H14N4OS/c1-15-6-8(11)7-16-10-13-12-9-4-2-3-5-14(9)10/h2-5,8H,6-7,11H2,1H3. The minimum absolute atomic E-state index is 0.0195. The summed E-state index contributed by atoms with van der Waals surface area (Å²) in [6, 6.07) is 5.84. The number of methoxy groups -OCH3 is 1. The molecule has 6 heteroatoms. The molecule has 2 N–H and O–H groups in total. The van der Waals surface area contributed by atoms with Gasteiger partial charge in [-0.25, -0.2) is 0 Å². The van der Waals surface area contributed by atoms with Gasteiger partial charge in [0.1, 0.15) is 0 Å². The molecule has 0 amide bonds. The monoisotopic (exact) mass is 238 g/mol. The van der Waals surface area contributed by atoms with Crippen LogP contribution in [0.3, 0.4) is 0 Å². The van der Waals surface area contributed by atoms with E-state index in [0.29, 0.717) is 6.61 Å². The highest BCUT2D eigenvalue weighted by atomic mass is 32.2. The number of rotatable bonds is 5. The zero-order chi connectivity index (χ0) is 11.4. The van der Waals surface area contributed by atoms with Crippen molar-refractivity contribution in [3.63, 3.8) is 0 Å². The van der Waals surface area contributed by atoms with Crippen LogP contribution in [0.4, 0.5) is 0 Å². The van der Waals surface area contributed by atoms with Crippen LogP contribution in [0.1, 0.15) is 0 Å². The first-order valence-corrected chi connectivity index (χ1v) is 5.97. The molecule has 0 saturated heterocycles. The molecule has 0 spiro atoms. The van der Waals surface area contributed by atoms with Crippen LogP contribution < -0.4 is 5.73 Å². The van der Waals surface area contributed by atoms with Crippen molar-refractivity contribution in [1.82, 2.24) is 14.6 Å². The molecule has 0 aromatic carbocycles. The molecule has 0 aliphatic rings. The van der Waals surface area contributed by atoms with Crippen LogP contribution in [0.25, 0.3) is 5.65 Å². The van der Waals surface area contributed by atoms with Gasteiger partial charge in [-0.1, -0.05) is 17.8 Å². The Balaban J connectivity index is 2.04. The third-order valence-corrected chi connectivity index (χ3v) is 3.22. The predicted octanol–water partition coefficient (Wildman–Crippen LogP) is 0.795. The molecule has 2 rings (SSSR count). The van der Waals surface area contributed by atoms with Gasteiger partial charge in [0.05, 0.1) is 6.61 Å². The number of hydrogen-bond donors (Lipinski definition) is 1. The zero-order valence-electron chi connectivity index (χ0n) is 9.04. The van der Waals surface area contributed by atoms with Gasteiger partial charge in [-0.2, -0.15) is 0 Å². The maximum absolute atomic E-state index is 5.84. The molecule has 86 valence electrons. The van der Waals surface area contributed by atoms with Crippen molar-refractivity contribution in [2.75, 3.05) is 19.5 Å². The zero-order valence-corrected chi connectivity index (χ0v) is 9.85. The summed E-state index contributed by atoms with van der Waals surface area (Å²) in [6.45, 7) is 0.559. The van der Waals surface area contributed by atoms with E-state index in [1.165, 1.54) is 0 Å². The summed E-state index contributed by atoms with van der Waals surface area (Å²) in [7, 11) is 1.65. The summed E-state index contributed by atoms with van der Waals surface area (Å²) >= 11 is 1.59. The van der Waals surface area contributed by atoms with Crippen molar-refractivity contribution < 1.29 is 4.74 Å². The van der Waals surface area contributed by atoms with Crippen molar-refractivity contribution in [2.24, 2.45) is 5.73 Å². The van der Waals surface area contributed by atoms with E-state index >= 15 is 0 Å². The molecular formula is C10H14N4OS. The van der Waals surface area contributed by atoms with Crippen molar-refractivity contribution in [2.45, 2.75) is 11.2 Å². The third-order valence-electron chi connectivity index (χ3n) is 2.09. The average molecular weight is 238 g/mol. The minimum Gasteiger partial charge on any atom is -0.383 e. The third kappa shape index (κ3) is 2.52. The molecule has 2 aromatic heterocycles. The molecule has 0 saturated carbocycles. The lowest BCUT2D eigenvalue weighted by Gasteiger charge is -2.08. The van der Waals surface area contributed by atoms with Gasteiger partial charge in [0.25, 0.3) is 0 Å². The Morgan fingerprint density at radius 3 is 3.19 bits per heavy atom. The van der Waals surface area contributed by atoms with Gasteiger partial charge < -0.3 is 10.5 Å². The van der Waals surface area contributed by atoms with Gasteiger partial charge >= 0.3 is 0 Å². The van der Waals surface area contributed by atoms with E-state index in [4.69, 9.17) is 10.5 Å². The lowest BCUT2D eigenvalue weighted by Crippen LogP contribution is -2.28. The summed E-state index contributed by atoms with van der Waals surface area (Å²) < 4.78 is 6.93. The van der Waals surface area contributed by atoms with Gasteiger partial charge in [0.15, 0.2) is 10.8 Å². The largest absolute Gasteiger partial charge is 0.383 e. The number of pyridine rings is 1. The molecule has 0 aliphatic carbocycles. The molecule has 16 heavy (non-hydrogen) atoms. The highest BCUT2D eigenvalue weighted by Crippen LogP contribution is 2.16. The Kier molecular flexibility index (Phi) is 3.76. The van der Waals surface area contributed by atoms with Gasteiger partial charge in [0.2, 0.25) is 0 Å². The highest BCUT2D eigenvalue weighted by Gasteiger charge is 2.08. The number of hydrogen-bond acceptors (Lipinski definition) is 5. The predicted molar refractivity (Wildman–Crippen MR) is 63.6 cm³/mol. The first kappa shape index (κ1) is 11.4. The minimum atomic E-state index is 0.0195. The van der Waals surface area contributed by atoms with E-state index in [9.17, 15) is 0 Å². The quantitative estimate of drug-likeness (QED) is 0.780. The van der Waals surface area contributed by atoms with E-state index in [0.717, 1.165) is 16.6 Å². The lowest BCUT2D eigenvalue weighted by atomic mass is 10.4. The van der Waals surface area contributed by atoms with Gasteiger partial charge in [-0.05, 0) is 12.1 Å². The summed E-state index contributed by atoms with van der Waals surface area (Å²) in [5, 5.41) is 9.03. The first-order valence-electron chi connectivity index (χ1n) is 4.98. The Hall–Kier alpha value is -1.11. The lowest BCUT2D eigenvalue weighted by molar-refractivity contribution is 0.186. The molecule has 0 fully saturated rings. The summed E-state index contributed by atoms with van der Waals surface area (Å²) in [5.74, 6) is 0.767. The second-order valence-electron chi connectivity index (χ2n) is 3.44. The second kappa shape index (κ2) is 5.29. The molecule has 1 atom stereocenters. The Bertz CT molecular complexity index is 459. The van der Waals surface area contributed by atoms with Gasteiger partial charge in [-0.15, -0.1) is 10.2 Å². The fourth-order valence-corrected chi connectivity index (χ4v) is 2.21. The summed E-state index contributed by atoms with van der Waals surface area (Å²) in [4.78, 5) is 0. The molecule has 1 unspecified atom stereocenters. The maximum atomic E-state index is 5.84. The average Bonchev–Trinajstić information content (AvgIpc) is 2.70. The van der Waals surface area contributed by atoms with Crippen molar-refractivity contribution in [3.05, 3.63) is 24.4 Å². The Morgan fingerprint density at radius 2 is 2.38 bits per heavy atom. The van der Waals surface area contributed by atoms with E-state index < -0.39 is 0 Å². The Morgan fingerprint density at radius 1 is 1.50 bits per heavy atom. The number of aromatic nitrogens is 3. The molecule has 2 aromatic rings. The van der Waals surface area contributed by atoms with Crippen LogP contribution in [-0.2, 0) is 4.74 Å². The van der Waals surface area contributed by atoms with Gasteiger partial charge in [-0.3, -0.25) is 4.40 Å². The van der Waals surface area contributed by atoms with Crippen LogP contribution in [0.5, 0.6) is 0 Å². The second-order valence-corrected chi connectivity index (χ2v) is 4.42. The summed E-state index contributed by atoms with van der Waals surface area (Å²) in [6.07, 6.45) is 1.94. The fourth-order valence-electron chi connectivity index (χ4n) is 1.36. The van der Waals surface area contributed by atoms with Crippen molar-refractivity contribution >= 4 is 17.4 Å². The van der Waals surface area contributed by atoms with Crippen LogP contribution >= 0.6 is 11.8 Å². The van der Waals surface area contributed by atoms with Crippen LogP contribution in [-0.4, -0.2) is 40.1 Å². The van der Waals surface area contributed by atoms with Gasteiger partial charge in [0, 0.05) is 25.1 Å². The van der Waals surface area contributed by atoms with Crippen molar-refractivity contribution in [3.8, 4) is 0 Å². The smallest absolute Gasteiger partial charge is 0.195 e. The van der Waals surface area contributed by atoms with Crippen LogP contribution in [0, 0.1) is 0 Å². The SMILES string of the molecule is COCC(N)CSc1nnc2ccccn12. The van der Waals surface area contributed by atoms with E-state index in [1.807, 2.05) is 28.8 Å².